The van der Waals surface area contributed by atoms with Gasteiger partial charge in [-0.2, -0.15) is 9.57 Å². The minimum Gasteiger partial charge on any atom is -0.382 e. The fourth-order valence-corrected chi connectivity index (χ4v) is 5.31. The van der Waals surface area contributed by atoms with Crippen molar-refractivity contribution in [3.8, 4) is 6.07 Å². The van der Waals surface area contributed by atoms with Gasteiger partial charge in [0.25, 0.3) is 0 Å². The van der Waals surface area contributed by atoms with E-state index < -0.39 is 15.8 Å². The van der Waals surface area contributed by atoms with Crippen molar-refractivity contribution in [2.75, 3.05) is 31.5 Å². The number of hydrogen-bond acceptors (Lipinski definition) is 5. The summed E-state index contributed by atoms with van der Waals surface area (Å²) in [5, 5.41) is 14.8. The number of nitrogens with one attached hydrogen (secondary N) is 2. The summed E-state index contributed by atoms with van der Waals surface area (Å²) in [6.45, 7) is 5.34. The van der Waals surface area contributed by atoms with Gasteiger partial charge in [0.2, 0.25) is 15.9 Å². The molecule has 176 valence electrons. The van der Waals surface area contributed by atoms with Gasteiger partial charge < -0.3 is 10.6 Å². The lowest BCUT2D eigenvalue weighted by atomic mass is 9.97. The van der Waals surface area contributed by atoms with Gasteiger partial charge in [0.1, 0.15) is 17.4 Å². The predicted octanol–water partition coefficient (Wildman–Crippen LogP) is 3.45. The normalized spacial score (nSPS) is 15.2. The van der Waals surface area contributed by atoms with Gasteiger partial charge in [-0.3, -0.25) is 4.79 Å². The zero-order valence-electron chi connectivity index (χ0n) is 18.8. The predicted molar refractivity (Wildman–Crippen MR) is 125 cm³/mol. The number of hydrogen-bond donors (Lipinski definition) is 2. The van der Waals surface area contributed by atoms with E-state index in [2.05, 4.69) is 24.5 Å². The van der Waals surface area contributed by atoms with Crippen molar-refractivity contribution >= 4 is 21.6 Å². The Kier molecular flexibility index (Phi) is 8.06. The first-order chi connectivity index (χ1) is 15.7. The maximum absolute atomic E-state index is 13.6. The Hall–Kier alpha value is -2.96. The number of nitriles is 1. The second kappa shape index (κ2) is 10.8. The lowest BCUT2D eigenvalue weighted by Crippen LogP contribution is -2.43. The molecule has 1 aliphatic heterocycles. The van der Waals surface area contributed by atoms with Crippen LogP contribution < -0.4 is 10.6 Å². The molecular formula is C24H29FN4O3S. The average molecular weight is 473 g/mol. The fraction of sp³-hybridized carbons (Fsp3) is 0.417. The number of anilines is 1. The Balaban J connectivity index is 1.47. The second-order valence-corrected chi connectivity index (χ2v) is 10.3. The Morgan fingerprint density at radius 2 is 1.82 bits per heavy atom. The molecule has 7 nitrogen and oxygen atoms in total. The molecule has 1 aliphatic rings. The van der Waals surface area contributed by atoms with E-state index in [-0.39, 0.29) is 22.3 Å². The van der Waals surface area contributed by atoms with Crippen molar-refractivity contribution in [2.45, 2.75) is 37.5 Å². The van der Waals surface area contributed by atoms with Gasteiger partial charge in [0, 0.05) is 32.1 Å². The van der Waals surface area contributed by atoms with E-state index in [1.165, 1.54) is 16.4 Å². The van der Waals surface area contributed by atoms with Gasteiger partial charge in [-0.1, -0.05) is 32.0 Å². The summed E-state index contributed by atoms with van der Waals surface area (Å²) in [4.78, 5) is 12.8. The van der Waals surface area contributed by atoms with Crippen LogP contribution in [0.2, 0.25) is 0 Å². The highest BCUT2D eigenvalue weighted by Crippen LogP contribution is 2.25. The molecule has 0 unspecified atom stereocenters. The molecule has 0 radical (unpaired) electrons. The van der Waals surface area contributed by atoms with Crippen LogP contribution in [0.4, 0.5) is 10.1 Å². The van der Waals surface area contributed by atoms with Crippen molar-refractivity contribution in [1.29, 1.82) is 5.26 Å². The number of nitrogens with zero attached hydrogens (tertiary/aromatic N) is 2. The minimum absolute atomic E-state index is 0.0590. The maximum atomic E-state index is 13.6. The smallest absolute Gasteiger partial charge is 0.243 e. The molecule has 0 aromatic heterocycles. The molecule has 0 saturated carbocycles. The molecular weight excluding hydrogens is 443 g/mol. The number of sulfonamides is 1. The summed E-state index contributed by atoms with van der Waals surface area (Å²) in [7, 11) is -3.58. The van der Waals surface area contributed by atoms with Crippen molar-refractivity contribution in [3.63, 3.8) is 0 Å². The molecule has 9 heteroatoms. The number of piperidine rings is 1. The van der Waals surface area contributed by atoms with Crippen LogP contribution in [0.15, 0.2) is 47.4 Å². The average Bonchev–Trinajstić information content (AvgIpc) is 2.82. The van der Waals surface area contributed by atoms with E-state index in [1.807, 2.05) is 18.2 Å². The summed E-state index contributed by atoms with van der Waals surface area (Å²) >= 11 is 0. The molecule has 2 aromatic rings. The molecule has 0 spiro atoms. The first kappa shape index (κ1) is 24.7. The Morgan fingerprint density at radius 3 is 2.42 bits per heavy atom. The van der Waals surface area contributed by atoms with Gasteiger partial charge in [0.15, 0.2) is 0 Å². The van der Waals surface area contributed by atoms with Crippen LogP contribution in [0.25, 0.3) is 0 Å². The summed E-state index contributed by atoms with van der Waals surface area (Å²) < 4.78 is 40.9. The van der Waals surface area contributed by atoms with Gasteiger partial charge in [-0.05, 0) is 48.6 Å². The number of carbonyl (C=O) groups is 1. The van der Waals surface area contributed by atoms with E-state index in [9.17, 15) is 17.6 Å². The quantitative estimate of drug-likeness (QED) is 0.573. The second-order valence-electron chi connectivity index (χ2n) is 8.39. The first-order valence-corrected chi connectivity index (χ1v) is 12.5. The van der Waals surface area contributed by atoms with Crippen molar-refractivity contribution in [3.05, 3.63) is 59.4 Å². The highest BCUT2D eigenvalue weighted by atomic mass is 32.2. The first-order valence-electron chi connectivity index (χ1n) is 11.0. The van der Waals surface area contributed by atoms with E-state index in [4.69, 9.17) is 5.26 Å². The third kappa shape index (κ3) is 5.89. The van der Waals surface area contributed by atoms with Crippen molar-refractivity contribution in [1.82, 2.24) is 9.62 Å². The SMILES string of the molecule is CC(C)c1ccc(S(=O)(=O)N2CCC(C(=O)NCCNc3cccc(F)c3C#N)CC2)cc1. The molecule has 2 N–H and O–H groups in total. The van der Waals surface area contributed by atoms with E-state index >= 15 is 0 Å². The van der Waals surface area contributed by atoms with E-state index in [1.54, 1.807) is 18.2 Å². The zero-order chi connectivity index (χ0) is 24.0. The third-order valence-electron chi connectivity index (χ3n) is 5.87. The largest absolute Gasteiger partial charge is 0.382 e. The zero-order valence-corrected chi connectivity index (χ0v) is 19.7. The van der Waals surface area contributed by atoms with Gasteiger partial charge in [0.05, 0.1) is 10.6 Å². The molecule has 2 aromatic carbocycles. The standard InChI is InChI=1S/C24H29FN4O3S/c1-17(2)18-6-8-20(9-7-18)33(31,32)29-14-10-19(11-15-29)24(30)28-13-12-27-23-5-3-4-22(25)21(23)16-26/h3-9,17,19,27H,10-15H2,1-2H3,(H,28,30). The minimum atomic E-state index is -3.58. The number of amides is 1. The number of rotatable bonds is 8. The van der Waals surface area contributed by atoms with Crippen LogP contribution in [0.1, 0.15) is 43.7 Å². The Bertz CT molecular complexity index is 1120. The number of benzene rings is 2. The van der Waals surface area contributed by atoms with Gasteiger partial charge in [-0.25, -0.2) is 12.8 Å². The summed E-state index contributed by atoms with van der Waals surface area (Å²) in [5.74, 6) is -0.656. The van der Waals surface area contributed by atoms with Gasteiger partial charge >= 0.3 is 0 Å². The van der Waals surface area contributed by atoms with Crippen LogP contribution in [0.5, 0.6) is 0 Å². The molecule has 1 saturated heterocycles. The molecule has 0 atom stereocenters. The van der Waals surface area contributed by atoms with E-state index in [0.717, 1.165) is 5.56 Å². The monoisotopic (exact) mass is 472 g/mol. The topological polar surface area (TPSA) is 102 Å². The lowest BCUT2D eigenvalue weighted by Gasteiger charge is -2.30. The van der Waals surface area contributed by atoms with Gasteiger partial charge in [-0.15, -0.1) is 0 Å². The lowest BCUT2D eigenvalue weighted by molar-refractivity contribution is -0.126. The molecule has 0 aliphatic carbocycles. The highest BCUT2D eigenvalue weighted by molar-refractivity contribution is 7.89. The molecule has 33 heavy (non-hydrogen) atoms. The molecule has 1 heterocycles. The highest BCUT2D eigenvalue weighted by Gasteiger charge is 2.32. The van der Waals surface area contributed by atoms with E-state index in [0.29, 0.717) is 50.6 Å². The number of carbonyl (C=O) groups excluding carboxylic acids is 1. The van der Waals surface area contributed by atoms with Crippen LogP contribution in [0.3, 0.4) is 0 Å². The fourth-order valence-electron chi connectivity index (χ4n) is 3.84. The maximum Gasteiger partial charge on any atom is 0.243 e. The summed E-state index contributed by atoms with van der Waals surface area (Å²) in [6.07, 6.45) is 0.899. The molecule has 0 bridgehead atoms. The van der Waals surface area contributed by atoms with Crippen LogP contribution in [0, 0.1) is 23.1 Å². The van der Waals surface area contributed by atoms with Crippen molar-refractivity contribution in [2.24, 2.45) is 5.92 Å². The summed E-state index contributed by atoms with van der Waals surface area (Å²) in [6, 6.07) is 13.1. The van der Waals surface area contributed by atoms with Crippen molar-refractivity contribution < 1.29 is 17.6 Å². The Morgan fingerprint density at radius 1 is 1.15 bits per heavy atom. The van der Waals surface area contributed by atoms with Crippen LogP contribution in [-0.2, 0) is 14.8 Å². The number of halogens is 1. The molecule has 3 rings (SSSR count). The third-order valence-corrected chi connectivity index (χ3v) is 7.79. The molecule has 1 fully saturated rings. The summed E-state index contributed by atoms with van der Waals surface area (Å²) in [5.41, 5.74) is 1.41. The Labute approximate surface area is 194 Å². The molecule has 1 amide bonds. The van der Waals surface area contributed by atoms with Crippen LogP contribution in [-0.4, -0.2) is 44.8 Å². The van der Waals surface area contributed by atoms with Crippen LogP contribution >= 0.6 is 0 Å².